The van der Waals surface area contributed by atoms with Crippen molar-refractivity contribution in [3.05, 3.63) is 83.7 Å². The van der Waals surface area contributed by atoms with Gasteiger partial charge in [0.1, 0.15) is 5.82 Å². The molecule has 2 heterocycles. The van der Waals surface area contributed by atoms with E-state index in [-0.39, 0.29) is 30.6 Å². The van der Waals surface area contributed by atoms with Crippen LogP contribution in [0.5, 0.6) is 0 Å². The second-order valence-electron chi connectivity index (χ2n) is 8.85. The quantitative estimate of drug-likeness (QED) is 0.595. The molecule has 3 atom stereocenters. The number of halogens is 1. The molecule has 3 aromatic rings. The van der Waals surface area contributed by atoms with Gasteiger partial charge in [-0.3, -0.25) is 0 Å². The van der Waals surface area contributed by atoms with Gasteiger partial charge in [-0.05, 0) is 65.6 Å². The summed E-state index contributed by atoms with van der Waals surface area (Å²) in [6.45, 7) is 0.537. The Labute approximate surface area is 197 Å². The number of fused-ring (bicyclic) bond motifs is 3. The number of rotatable bonds is 3. The highest BCUT2D eigenvalue weighted by Crippen LogP contribution is 2.49. The highest BCUT2D eigenvalue weighted by atomic mass is 19.1. The highest BCUT2D eigenvalue weighted by molar-refractivity contribution is 5.90. The lowest BCUT2D eigenvalue weighted by Gasteiger charge is -2.44. The fraction of sp³-hybridized carbons (Fsp3) is 0.259. The van der Waals surface area contributed by atoms with Gasteiger partial charge in [0.25, 0.3) is 0 Å². The van der Waals surface area contributed by atoms with Crippen molar-refractivity contribution in [2.24, 2.45) is 5.92 Å². The molecule has 2 aliphatic rings. The van der Waals surface area contributed by atoms with Gasteiger partial charge in [-0.2, -0.15) is 5.26 Å². The van der Waals surface area contributed by atoms with Crippen molar-refractivity contribution < 1.29 is 14.3 Å². The zero-order chi connectivity index (χ0) is 23.8. The molecule has 2 amide bonds. The predicted molar refractivity (Wildman–Crippen MR) is 129 cm³/mol. The lowest BCUT2D eigenvalue weighted by molar-refractivity contribution is 0.168. The zero-order valence-electron chi connectivity index (χ0n) is 18.8. The number of urea groups is 1. The number of benzene rings is 3. The van der Waals surface area contributed by atoms with Crippen LogP contribution < -0.4 is 10.2 Å². The van der Waals surface area contributed by atoms with Crippen LogP contribution in [0.4, 0.5) is 20.6 Å². The third-order valence-electron chi connectivity index (χ3n) is 7.03. The van der Waals surface area contributed by atoms with Gasteiger partial charge in [-0.15, -0.1) is 0 Å². The number of nitrogens with zero attached hydrogens (tertiary/aromatic N) is 3. The molecule has 0 aromatic heterocycles. The molecule has 5 rings (SSSR count). The number of likely N-dealkylation sites (N-methyl/N-ethyl adjacent to an activating group) is 1. The number of carbonyl (C=O) groups is 1. The summed E-state index contributed by atoms with van der Waals surface area (Å²) in [7, 11) is 1.98. The van der Waals surface area contributed by atoms with Gasteiger partial charge >= 0.3 is 6.03 Å². The van der Waals surface area contributed by atoms with E-state index in [0.717, 1.165) is 28.8 Å². The number of hydrogen-bond donors (Lipinski definition) is 2. The normalized spacial score (nSPS) is 20.9. The molecule has 34 heavy (non-hydrogen) atoms. The van der Waals surface area contributed by atoms with E-state index in [2.05, 4.69) is 22.4 Å². The van der Waals surface area contributed by atoms with Crippen molar-refractivity contribution in [3.63, 3.8) is 0 Å². The fourth-order valence-corrected chi connectivity index (χ4v) is 5.36. The third-order valence-corrected chi connectivity index (χ3v) is 7.03. The summed E-state index contributed by atoms with van der Waals surface area (Å²) in [6.07, 6.45) is 0.761. The van der Waals surface area contributed by atoms with Gasteiger partial charge in [0.2, 0.25) is 0 Å². The average Bonchev–Trinajstić information content (AvgIpc) is 3.29. The van der Waals surface area contributed by atoms with Gasteiger partial charge < -0.3 is 20.2 Å². The van der Waals surface area contributed by atoms with Crippen LogP contribution in [0.3, 0.4) is 0 Å². The van der Waals surface area contributed by atoms with Crippen molar-refractivity contribution in [2.75, 3.05) is 30.4 Å². The van der Waals surface area contributed by atoms with E-state index in [9.17, 15) is 14.3 Å². The summed E-state index contributed by atoms with van der Waals surface area (Å²) in [5.41, 5.74) is 4.98. The molecular weight excluding hydrogens is 431 g/mol. The molecule has 1 saturated heterocycles. The molecule has 0 unspecified atom stereocenters. The Balaban J connectivity index is 1.53. The maximum atomic E-state index is 13.6. The predicted octanol–water partition coefficient (Wildman–Crippen LogP) is 4.77. The van der Waals surface area contributed by atoms with Gasteiger partial charge in [0, 0.05) is 30.9 Å². The average molecular weight is 457 g/mol. The SMILES string of the molecule is CN1c2ccc(-c3ccc(C#N)cc3)cc2[C@@H]2[C@@H](CCN2C(=O)Nc2cccc(F)c2)[C@@H]1CO. The Bertz CT molecular complexity index is 1270. The molecule has 0 aliphatic carbocycles. The van der Waals surface area contributed by atoms with Crippen molar-refractivity contribution in [2.45, 2.75) is 18.5 Å². The van der Waals surface area contributed by atoms with Gasteiger partial charge in [-0.25, -0.2) is 9.18 Å². The number of carbonyl (C=O) groups excluding carboxylic acids is 1. The van der Waals surface area contributed by atoms with Gasteiger partial charge in [0.15, 0.2) is 0 Å². The first kappa shape index (κ1) is 21.9. The number of nitriles is 1. The Kier molecular flexibility index (Phi) is 5.68. The summed E-state index contributed by atoms with van der Waals surface area (Å²) >= 11 is 0. The van der Waals surface area contributed by atoms with E-state index < -0.39 is 5.82 Å². The summed E-state index contributed by atoms with van der Waals surface area (Å²) in [6, 6.07) is 21.0. The lowest BCUT2D eigenvalue weighted by Crippen LogP contribution is -2.48. The molecule has 6 nitrogen and oxygen atoms in total. The number of hydrogen-bond acceptors (Lipinski definition) is 4. The van der Waals surface area contributed by atoms with E-state index in [1.807, 2.05) is 31.3 Å². The number of likely N-dealkylation sites (tertiary alicyclic amines) is 1. The van der Waals surface area contributed by atoms with Crippen LogP contribution in [0.2, 0.25) is 0 Å². The van der Waals surface area contributed by atoms with Crippen molar-refractivity contribution in [1.29, 1.82) is 5.26 Å². The molecule has 3 aromatic carbocycles. The van der Waals surface area contributed by atoms with Crippen molar-refractivity contribution in [1.82, 2.24) is 4.90 Å². The standard InChI is InChI=1S/C27H25FN4O2/c1-31-24-10-9-19(18-7-5-17(15-29)6-8-18)13-23(24)26-22(25(31)16-33)11-12-32(26)27(34)30-21-4-2-3-20(28)14-21/h2-10,13-14,22,25-26,33H,11-12,16H2,1H3,(H,30,34)/t22-,25-,26-/m0/s1. The second-order valence-corrected chi connectivity index (χ2v) is 8.85. The van der Waals surface area contributed by atoms with E-state index in [0.29, 0.717) is 17.8 Å². The summed E-state index contributed by atoms with van der Waals surface area (Å²) in [5, 5.41) is 22.1. The van der Waals surface area contributed by atoms with E-state index >= 15 is 0 Å². The molecule has 0 radical (unpaired) electrons. The first-order valence-corrected chi connectivity index (χ1v) is 11.3. The first-order valence-electron chi connectivity index (χ1n) is 11.3. The Morgan fingerprint density at radius 2 is 1.91 bits per heavy atom. The van der Waals surface area contributed by atoms with Crippen molar-refractivity contribution in [3.8, 4) is 17.2 Å². The summed E-state index contributed by atoms with van der Waals surface area (Å²) < 4.78 is 13.6. The van der Waals surface area contributed by atoms with Gasteiger partial charge in [0.05, 0.1) is 30.3 Å². The zero-order valence-corrected chi connectivity index (χ0v) is 18.8. The molecule has 0 bridgehead atoms. The van der Waals surface area contributed by atoms with E-state index in [1.165, 1.54) is 12.1 Å². The Morgan fingerprint density at radius 1 is 1.15 bits per heavy atom. The van der Waals surface area contributed by atoms with Crippen LogP contribution in [0.25, 0.3) is 11.1 Å². The molecular formula is C27H25FN4O2. The third kappa shape index (κ3) is 3.76. The number of aliphatic hydroxyl groups is 1. The number of nitrogens with one attached hydrogen (secondary N) is 1. The van der Waals surface area contributed by atoms with Crippen LogP contribution in [-0.2, 0) is 0 Å². The molecule has 7 heteroatoms. The Hall–Kier alpha value is -3.89. The van der Waals surface area contributed by atoms with Crippen molar-refractivity contribution >= 4 is 17.4 Å². The maximum Gasteiger partial charge on any atom is 0.322 e. The van der Waals surface area contributed by atoms with Crippen LogP contribution in [0.15, 0.2) is 66.7 Å². The molecule has 2 N–H and O–H groups in total. The fourth-order valence-electron chi connectivity index (χ4n) is 5.36. The van der Waals surface area contributed by atoms with Gasteiger partial charge in [-0.1, -0.05) is 24.3 Å². The molecule has 0 spiro atoms. The smallest absolute Gasteiger partial charge is 0.322 e. The number of anilines is 2. The molecule has 1 fully saturated rings. The monoisotopic (exact) mass is 456 g/mol. The Morgan fingerprint density at radius 3 is 2.62 bits per heavy atom. The molecule has 2 aliphatic heterocycles. The highest BCUT2D eigenvalue weighted by Gasteiger charge is 2.47. The summed E-state index contributed by atoms with van der Waals surface area (Å²) in [5.74, 6) is -0.342. The van der Waals surface area contributed by atoms with Crippen LogP contribution in [0, 0.1) is 23.1 Å². The minimum absolute atomic E-state index is 0.00612. The maximum absolute atomic E-state index is 13.6. The van der Waals surface area contributed by atoms with E-state index in [4.69, 9.17) is 5.26 Å². The van der Waals surface area contributed by atoms with E-state index in [1.54, 1.807) is 29.2 Å². The lowest BCUT2D eigenvalue weighted by atomic mass is 9.81. The first-order chi connectivity index (χ1) is 16.5. The number of amides is 2. The largest absolute Gasteiger partial charge is 0.394 e. The van der Waals surface area contributed by atoms with Crippen LogP contribution in [-0.4, -0.2) is 42.3 Å². The molecule has 0 saturated carbocycles. The molecule has 172 valence electrons. The minimum Gasteiger partial charge on any atom is -0.394 e. The second kappa shape index (κ2) is 8.81. The van der Waals surface area contributed by atoms with Crippen LogP contribution in [0.1, 0.15) is 23.6 Å². The topological polar surface area (TPSA) is 79.6 Å². The number of aliphatic hydroxyl groups excluding tert-OH is 1. The minimum atomic E-state index is -0.408. The summed E-state index contributed by atoms with van der Waals surface area (Å²) in [4.78, 5) is 17.2. The van der Waals surface area contributed by atoms with Crippen LogP contribution >= 0.6 is 0 Å².